The zero-order chi connectivity index (χ0) is 16.1. The molecule has 2 atom stereocenters. The molecule has 1 heterocycles. The van der Waals surface area contributed by atoms with Gasteiger partial charge in [0.05, 0.1) is 11.9 Å². The van der Waals surface area contributed by atoms with Gasteiger partial charge in [0.2, 0.25) is 0 Å². The molecular formula is C17H22BrNO3. The minimum Gasteiger partial charge on any atom is -0.506 e. The van der Waals surface area contributed by atoms with E-state index in [0.717, 1.165) is 36.6 Å². The number of hydrogen-bond acceptors (Lipinski definition) is 2. The van der Waals surface area contributed by atoms with Crippen LogP contribution in [0, 0.1) is 0 Å². The van der Waals surface area contributed by atoms with Crippen LogP contribution in [0.2, 0.25) is 0 Å². The Labute approximate surface area is 138 Å². The average Bonchev–Trinajstić information content (AvgIpc) is 2.81. The van der Waals surface area contributed by atoms with E-state index in [1.165, 1.54) is 0 Å². The van der Waals surface area contributed by atoms with Gasteiger partial charge in [-0.15, -0.1) is 0 Å². The van der Waals surface area contributed by atoms with Crippen molar-refractivity contribution in [3.8, 4) is 5.75 Å². The third-order valence-corrected chi connectivity index (χ3v) is 4.85. The number of carboxylic acids is 1. The van der Waals surface area contributed by atoms with Crippen molar-refractivity contribution in [1.29, 1.82) is 0 Å². The summed E-state index contributed by atoms with van der Waals surface area (Å²) in [6.45, 7) is 2.14. The molecule has 2 unspecified atom stereocenters. The molecule has 0 spiro atoms. The molecule has 4 nitrogen and oxygen atoms in total. The molecule has 2 N–H and O–H groups in total. The lowest BCUT2D eigenvalue weighted by molar-refractivity contribution is -0.137. The number of rotatable bonds is 8. The van der Waals surface area contributed by atoms with Crippen molar-refractivity contribution >= 4 is 32.8 Å². The Kier molecular flexibility index (Phi) is 5.89. The Morgan fingerprint density at radius 1 is 1.27 bits per heavy atom. The lowest BCUT2D eigenvalue weighted by Crippen LogP contribution is -2.14. The van der Waals surface area contributed by atoms with Crippen molar-refractivity contribution in [2.45, 2.75) is 49.9 Å². The molecule has 0 radical (unpaired) electrons. The first-order chi connectivity index (χ1) is 10.5. The van der Waals surface area contributed by atoms with E-state index in [9.17, 15) is 15.0 Å². The van der Waals surface area contributed by atoms with E-state index < -0.39 is 5.97 Å². The van der Waals surface area contributed by atoms with E-state index >= 15 is 0 Å². The highest BCUT2D eigenvalue weighted by atomic mass is 79.9. The lowest BCUT2D eigenvalue weighted by atomic mass is 10.0. The van der Waals surface area contributed by atoms with Crippen molar-refractivity contribution in [2.24, 2.45) is 0 Å². The molecule has 22 heavy (non-hydrogen) atoms. The highest BCUT2D eigenvalue weighted by molar-refractivity contribution is 9.09. The predicted octanol–water partition coefficient (Wildman–Crippen LogP) is 4.71. The van der Waals surface area contributed by atoms with Crippen LogP contribution in [0.3, 0.4) is 0 Å². The number of hydrogen-bond donors (Lipinski definition) is 2. The van der Waals surface area contributed by atoms with Crippen LogP contribution in [0.5, 0.6) is 5.75 Å². The molecule has 1 aromatic carbocycles. The number of nitrogens with zero attached hydrogens (tertiary/aromatic N) is 1. The number of aromatic nitrogens is 1. The summed E-state index contributed by atoms with van der Waals surface area (Å²) in [5.74, 6) is -0.612. The minimum absolute atomic E-state index is 0.0595. The van der Waals surface area contributed by atoms with Gasteiger partial charge >= 0.3 is 5.97 Å². The number of para-hydroxylation sites is 1. The van der Waals surface area contributed by atoms with Gasteiger partial charge in [-0.1, -0.05) is 41.4 Å². The second-order valence-electron chi connectivity index (χ2n) is 5.65. The quantitative estimate of drug-likeness (QED) is 0.664. The van der Waals surface area contributed by atoms with Crippen LogP contribution >= 0.6 is 15.9 Å². The fraction of sp³-hybridized carbons (Fsp3) is 0.471. The van der Waals surface area contributed by atoms with E-state index in [1.807, 2.05) is 28.8 Å². The molecule has 0 amide bonds. The number of alkyl halides is 1. The Balaban J connectivity index is 2.25. The molecule has 0 aliphatic rings. The summed E-state index contributed by atoms with van der Waals surface area (Å²) in [5, 5.41) is 20.0. The van der Waals surface area contributed by atoms with Crippen LogP contribution in [0.4, 0.5) is 0 Å². The molecule has 5 heteroatoms. The Bertz CT molecular complexity index is 638. The summed E-state index contributed by atoms with van der Waals surface area (Å²) < 4.78 is 1.91. The number of carbonyl (C=O) groups is 1. The van der Waals surface area contributed by atoms with Crippen molar-refractivity contribution in [1.82, 2.24) is 4.57 Å². The second-order valence-corrected chi connectivity index (χ2v) is 6.95. The Hall–Kier alpha value is -1.49. The molecule has 0 bridgehead atoms. The van der Waals surface area contributed by atoms with E-state index in [1.54, 1.807) is 6.20 Å². The number of halogens is 1. The maximum atomic E-state index is 11.2. The molecule has 0 saturated carbocycles. The number of aromatic hydroxyl groups is 1. The van der Waals surface area contributed by atoms with E-state index in [-0.39, 0.29) is 18.2 Å². The van der Waals surface area contributed by atoms with Gasteiger partial charge in [0.25, 0.3) is 0 Å². The van der Waals surface area contributed by atoms with Gasteiger partial charge in [0, 0.05) is 22.5 Å². The van der Waals surface area contributed by atoms with Gasteiger partial charge in [-0.2, -0.15) is 0 Å². The summed E-state index contributed by atoms with van der Waals surface area (Å²) in [5.41, 5.74) is 0.882. The summed E-state index contributed by atoms with van der Waals surface area (Å²) in [4.78, 5) is 11.6. The van der Waals surface area contributed by atoms with E-state index in [2.05, 4.69) is 22.9 Å². The molecule has 0 aliphatic heterocycles. The molecule has 2 rings (SSSR count). The Morgan fingerprint density at radius 2 is 2.00 bits per heavy atom. The second kappa shape index (κ2) is 7.68. The normalized spacial score (nSPS) is 14.1. The molecule has 1 aromatic heterocycles. The van der Waals surface area contributed by atoms with Crippen LogP contribution in [-0.4, -0.2) is 25.6 Å². The standard InChI is InChI=1S/C17H22BrNO3/c1-2-5-12(18)8-9-13(10-17(21)22)19-11-16(20)14-6-3-4-7-15(14)19/h3-4,6-7,11-13,20H,2,5,8-10H2,1H3,(H,21,22). The molecule has 0 fully saturated rings. The van der Waals surface area contributed by atoms with Gasteiger partial charge < -0.3 is 14.8 Å². The first-order valence-corrected chi connectivity index (χ1v) is 8.58. The fourth-order valence-corrected chi connectivity index (χ4v) is 3.58. The van der Waals surface area contributed by atoms with Crippen LogP contribution in [0.1, 0.15) is 45.1 Å². The van der Waals surface area contributed by atoms with Crippen molar-refractivity contribution < 1.29 is 15.0 Å². The Morgan fingerprint density at radius 3 is 2.68 bits per heavy atom. The first kappa shape index (κ1) is 16.9. The molecule has 120 valence electrons. The van der Waals surface area contributed by atoms with Gasteiger partial charge in [-0.05, 0) is 31.4 Å². The third kappa shape index (κ3) is 4.03. The summed E-state index contributed by atoms with van der Waals surface area (Å²) in [6.07, 6.45) is 5.58. The van der Waals surface area contributed by atoms with E-state index in [4.69, 9.17) is 0 Å². The summed E-state index contributed by atoms with van der Waals surface area (Å²) >= 11 is 3.65. The van der Waals surface area contributed by atoms with Crippen LogP contribution in [0.25, 0.3) is 10.9 Å². The molecule has 0 saturated heterocycles. The van der Waals surface area contributed by atoms with Crippen LogP contribution in [0.15, 0.2) is 30.5 Å². The zero-order valence-electron chi connectivity index (χ0n) is 12.7. The van der Waals surface area contributed by atoms with Gasteiger partial charge in [-0.25, -0.2) is 0 Å². The largest absolute Gasteiger partial charge is 0.506 e. The average molecular weight is 368 g/mol. The van der Waals surface area contributed by atoms with Crippen molar-refractivity contribution in [3.05, 3.63) is 30.5 Å². The summed E-state index contributed by atoms with van der Waals surface area (Å²) in [6, 6.07) is 7.39. The minimum atomic E-state index is -0.816. The maximum Gasteiger partial charge on any atom is 0.305 e. The smallest absolute Gasteiger partial charge is 0.305 e. The van der Waals surface area contributed by atoms with Gasteiger partial charge in [-0.3, -0.25) is 4.79 Å². The molecule has 2 aromatic rings. The van der Waals surface area contributed by atoms with Crippen LogP contribution in [-0.2, 0) is 4.79 Å². The monoisotopic (exact) mass is 367 g/mol. The topological polar surface area (TPSA) is 62.5 Å². The number of carboxylic acid groups (broad SMARTS) is 1. The maximum absolute atomic E-state index is 11.2. The summed E-state index contributed by atoms with van der Waals surface area (Å²) in [7, 11) is 0. The van der Waals surface area contributed by atoms with Gasteiger partial charge in [0.1, 0.15) is 5.75 Å². The van der Waals surface area contributed by atoms with E-state index in [0.29, 0.717) is 4.83 Å². The fourth-order valence-electron chi connectivity index (χ4n) is 2.86. The van der Waals surface area contributed by atoms with Gasteiger partial charge in [0.15, 0.2) is 0 Å². The van der Waals surface area contributed by atoms with Crippen molar-refractivity contribution in [2.75, 3.05) is 0 Å². The highest BCUT2D eigenvalue weighted by Gasteiger charge is 2.20. The lowest BCUT2D eigenvalue weighted by Gasteiger charge is -2.20. The zero-order valence-corrected chi connectivity index (χ0v) is 14.3. The number of fused-ring (bicyclic) bond motifs is 1. The molecular weight excluding hydrogens is 346 g/mol. The number of aliphatic carboxylic acids is 1. The highest BCUT2D eigenvalue weighted by Crippen LogP contribution is 2.33. The number of benzene rings is 1. The molecule has 0 aliphatic carbocycles. The third-order valence-electron chi connectivity index (χ3n) is 3.94. The van der Waals surface area contributed by atoms with Crippen LogP contribution < -0.4 is 0 Å². The van der Waals surface area contributed by atoms with Crippen molar-refractivity contribution in [3.63, 3.8) is 0 Å². The predicted molar refractivity (Wildman–Crippen MR) is 91.7 cm³/mol. The first-order valence-electron chi connectivity index (χ1n) is 7.67. The SMILES string of the molecule is CCCC(Br)CCC(CC(=O)O)n1cc(O)c2ccccc21.